The van der Waals surface area contributed by atoms with Crippen LogP contribution in [0.25, 0.3) is 22.2 Å². The lowest BCUT2D eigenvalue weighted by molar-refractivity contribution is 0.0949. The first kappa shape index (κ1) is 18.6. The Morgan fingerprint density at radius 1 is 1.14 bits per heavy atom. The van der Waals surface area contributed by atoms with Crippen LogP contribution in [0.4, 0.5) is 4.39 Å². The number of rotatable bonds is 4. The van der Waals surface area contributed by atoms with E-state index in [1.807, 2.05) is 31.2 Å². The highest BCUT2D eigenvalue weighted by molar-refractivity contribution is 5.97. The number of nitrogens with one attached hydrogen (secondary N) is 2. The summed E-state index contributed by atoms with van der Waals surface area (Å²) in [5.41, 5.74) is 3.63. The molecule has 2 aromatic heterocycles. The molecule has 0 saturated carbocycles. The van der Waals surface area contributed by atoms with Gasteiger partial charge in [0, 0.05) is 24.5 Å². The Morgan fingerprint density at radius 2 is 1.90 bits per heavy atom. The maximum absolute atomic E-state index is 13.0. The summed E-state index contributed by atoms with van der Waals surface area (Å²) < 4.78 is 13.0. The molecule has 2 heterocycles. The fourth-order valence-electron chi connectivity index (χ4n) is 3.20. The number of H-pyrrole nitrogens is 1. The van der Waals surface area contributed by atoms with Gasteiger partial charge in [0.15, 0.2) is 0 Å². The summed E-state index contributed by atoms with van der Waals surface area (Å²) in [4.78, 5) is 32.7. The lowest BCUT2D eigenvalue weighted by Gasteiger charge is -2.08. The number of carbonyl (C=O) groups excluding carboxylic acids is 1. The second-order valence-corrected chi connectivity index (χ2v) is 6.78. The van der Waals surface area contributed by atoms with Crippen LogP contribution in [0.1, 0.15) is 21.5 Å². The van der Waals surface area contributed by atoms with Crippen molar-refractivity contribution in [3.8, 4) is 11.1 Å². The average Bonchev–Trinajstić information content (AvgIpc) is 2.74. The van der Waals surface area contributed by atoms with E-state index in [2.05, 4.69) is 15.3 Å². The van der Waals surface area contributed by atoms with Gasteiger partial charge in [-0.3, -0.25) is 9.59 Å². The molecule has 0 saturated heterocycles. The van der Waals surface area contributed by atoms with Crippen LogP contribution in [0.5, 0.6) is 0 Å². The maximum atomic E-state index is 13.0. The van der Waals surface area contributed by atoms with E-state index in [-0.39, 0.29) is 17.9 Å². The van der Waals surface area contributed by atoms with Crippen molar-refractivity contribution in [1.82, 2.24) is 15.3 Å². The number of hydrogen-bond acceptors (Lipinski definition) is 3. The van der Waals surface area contributed by atoms with Gasteiger partial charge in [-0.15, -0.1) is 0 Å². The maximum Gasteiger partial charge on any atom is 0.257 e. The minimum absolute atomic E-state index is 0.00310. The summed E-state index contributed by atoms with van der Waals surface area (Å²) in [5, 5.41) is 3.04. The molecule has 0 aliphatic carbocycles. The predicted molar refractivity (Wildman–Crippen MR) is 110 cm³/mol. The Hall–Kier alpha value is -3.80. The van der Waals surface area contributed by atoms with Crippen LogP contribution < -0.4 is 10.7 Å². The average molecular weight is 387 g/mol. The third-order valence-corrected chi connectivity index (χ3v) is 4.80. The van der Waals surface area contributed by atoms with Crippen molar-refractivity contribution in [3.05, 3.63) is 99.7 Å². The molecule has 1 amide bonds. The highest BCUT2D eigenvalue weighted by Crippen LogP contribution is 2.24. The SMILES string of the molecule is Cc1ccccc1-c1cnc2[nH]cc(C(=O)NCc3ccc(F)cc3)c(=O)c2c1. The van der Waals surface area contributed by atoms with Crippen LogP contribution >= 0.6 is 0 Å². The Labute approximate surface area is 166 Å². The molecule has 0 unspecified atom stereocenters. The van der Waals surface area contributed by atoms with E-state index >= 15 is 0 Å². The lowest BCUT2D eigenvalue weighted by atomic mass is 10.0. The Morgan fingerprint density at radius 3 is 2.66 bits per heavy atom. The topological polar surface area (TPSA) is 74.8 Å². The van der Waals surface area contributed by atoms with Gasteiger partial charge in [-0.25, -0.2) is 9.37 Å². The quantitative estimate of drug-likeness (QED) is 0.556. The van der Waals surface area contributed by atoms with Crippen molar-refractivity contribution in [1.29, 1.82) is 0 Å². The molecular weight excluding hydrogens is 369 g/mol. The second kappa shape index (κ2) is 7.67. The molecule has 0 aliphatic heterocycles. The second-order valence-electron chi connectivity index (χ2n) is 6.78. The molecule has 29 heavy (non-hydrogen) atoms. The number of halogens is 1. The number of amides is 1. The number of aryl methyl sites for hydroxylation is 1. The summed E-state index contributed by atoms with van der Waals surface area (Å²) in [7, 11) is 0. The minimum Gasteiger partial charge on any atom is -0.348 e. The van der Waals surface area contributed by atoms with Gasteiger partial charge in [0.2, 0.25) is 5.43 Å². The van der Waals surface area contributed by atoms with Gasteiger partial charge in [-0.05, 0) is 41.8 Å². The molecule has 0 spiro atoms. The van der Waals surface area contributed by atoms with Crippen molar-refractivity contribution in [3.63, 3.8) is 0 Å². The molecule has 5 nitrogen and oxygen atoms in total. The molecule has 144 valence electrons. The number of aromatic amines is 1. The molecule has 0 fully saturated rings. The van der Waals surface area contributed by atoms with Gasteiger partial charge in [0.25, 0.3) is 5.91 Å². The van der Waals surface area contributed by atoms with Crippen LogP contribution in [0.3, 0.4) is 0 Å². The van der Waals surface area contributed by atoms with E-state index < -0.39 is 11.3 Å². The number of hydrogen-bond donors (Lipinski definition) is 2. The van der Waals surface area contributed by atoms with E-state index in [9.17, 15) is 14.0 Å². The summed E-state index contributed by atoms with van der Waals surface area (Å²) in [6, 6.07) is 15.4. The highest BCUT2D eigenvalue weighted by atomic mass is 19.1. The largest absolute Gasteiger partial charge is 0.348 e. The van der Waals surface area contributed by atoms with Gasteiger partial charge in [-0.2, -0.15) is 0 Å². The normalized spacial score (nSPS) is 10.8. The van der Waals surface area contributed by atoms with E-state index in [0.717, 1.165) is 22.3 Å². The Bertz CT molecular complexity index is 1260. The number of fused-ring (bicyclic) bond motifs is 1. The van der Waals surface area contributed by atoms with Gasteiger partial charge in [-0.1, -0.05) is 36.4 Å². The van der Waals surface area contributed by atoms with E-state index in [4.69, 9.17) is 0 Å². The summed E-state index contributed by atoms with van der Waals surface area (Å²) in [5.74, 6) is -0.846. The van der Waals surface area contributed by atoms with Crippen molar-refractivity contribution >= 4 is 16.9 Å². The third-order valence-electron chi connectivity index (χ3n) is 4.80. The molecular formula is C23H18FN3O2. The number of pyridine rings is 2. The van der Waals surface area contributed by atoms with Crippen LogP contribution in [0.2, 0.25) is 0 Å². The molecule has 0 aliphatic rings. The zero-order valence-corrected chi connectivity index (χ0v) is 15.7. The van der Waals surface area contributed by atoms with Crippen LogP contribution in [-0.2, 0) is 6.54 Å². The van der Waals surface area contributed by atoms with E-state index in [1.165, 1.54) is 18.3 Å². The summed E-state index contributed by atoms with van der Waals surface area (Å²) in [6.45, 7) is 2.18. The zero-order chi connectivity index (χ0) is 20.4. The van der Waals surface area contributed by atoms with Gasteiger partial charge in [0.1, 0.15) is 17.0 Å². The highest BCUT2D eigenvalue weighted by Gasteiger charge is 2.14. The van der Waals surface area contributed by atoms with E-state index in [0.29, 0.717) is 11.0 Å². The van der Waals surface area contributed by atoms with Gasteiger partial charge >= 0.3 is 0 Å². The molecule has 4 rings (SSSR count). The fourth-order valence-corrected chi connectivity index (χ4v) is 3.20. The van der Waals surface area contributed by atoms with Gasteiger partial charge in [0.05, 0.1) is 5.39 Å². The van der Waals surface area contributed by atoms with Crippen molar-refractivity contribution in [2.45, 2.75) is 13.5 Å². The van der Waals surface area contributed by atoms with Crippen LogP contribution in [0, 0.1) is 12.7 Å². The number of benzene rings is 2. The standard InChI is InChI=1S/C23H18FN3O2/c1-14-4-2-3-5-18(14)16-10-19-21(28)20(13-26-22(19)25-12-16)23(29)27-11-15-6-8-17(24)9-7-15/h2-10,12-13H,11H2,1H3,(H,27,29)(H,25,26,28). The number of carbonyl (C=O) groups is 1. The number of aromatic nitrogens is 2. The Kier molecular flexibility index (Phi) is 4.91. The van der Waals surface area contributed by atoms with E-state index in [1.54, 1.807) is 24.4 Å². The van der Waals surface area contributed by atoms with Crippen LogP contribution in [0.15, 0.2) is 71.8 Å². The first-order valence-electron chi connectivity index (χ1n) is 9.13. The molecule has 6 heteroatoms. The van der Waals surface area contributed by atoms with Crippen molar-refractivity contribution in [2.75, 3.05) is 0 Å². The van der Waals surface area contributed by atoms with Crippen LogP contribution in [-0.4, -0.2) is 15.9 Å². The molecule has 2 aromatic carbocycles. The first-order valence-corrected chi connectivity index (χ1v) is 9.13. The van der Waals surface area contributed by atoms with Crippen molar-refractivity contribution in [2.24, 2.45) is 0 Å². The lowest BCUT2D eigenvalue weighted by Crippen LogP contribution is -2.28. The Balaban J connectivity index is 1.65. The van der Waals surface area contributed by atoms with Crippen molar-refractivity contribution < 1.29 is 9.18 Å². The molecule has 0 radical (unpaired) electrons. The number of nitrogens with zero attached hydrogens (tertiary/aromatic N) is 1. The molecule has 4 aromatic rings. The monoisotopic (exact) mass is 387 g/mol. The third kappa shape index (κ3) is 3.78. The predicted octanol–water partition coefficient (Wildman–Crippen LogP) is 3.97. The minimum atomic E-state index is -0.501. The molecule has 0 bridgehead atoms. The zero-order valence-electron chi connectivity index (χ0n) is 15.7. The molecule has 0 atom stereocenters. The van der Waals surface area contributed by atoms with Gasteiger partial charge < -0.3 is 10.3 Å². The fraction of sp³-hybridized carbons (Fsp3) is 0.0870. The first-order chi connectivity index (χ1) is 14.0. The molecule has 2 N–H and O–H groups in total. The summed E-state index contributed by atoms with van der Waals surface area (Å²) in [6.07, 6.45) is 3.07. The smallest absolute Gasteiger partial charge is 0.257 e. The summed E-state index contributed by atoms with van der Waals surface area (Å²) >= 11 is 0.